The Hall–Kier alpha value is -1.77. The Kier molecular flexibility index (Phi) is 5.60. The van der Waals surface area contributed by atoms with E-state index in [0.29, 0.717) is 25.2 Å². The smallest absolute Gasteiger partial charge is 0.324 e. The van der Waals surface area contributed by atoms with Crippen molar-refractivity contribution in [1.82, 2.24) is 4.90 Å². The Labute approximate surface area is 147 Å². The third-order valence-electron chi connectivity index (χ3n) is 4.55. The van der Waals surface area contributed by atoms with Gasteiger partial charge in [0.2, 0.25) is 5.91 Å². The predicted octanol–water partition coefficient (Wildman–Crippen LogP) is 4.93. The highest BCUT2D eigenvalue weighted by atomic mass is 19.4. The first-order valence-corrected chi connectivity index (χ1v) is 8.18. The molecule has 1 fully saturated rings. The van der Waals surface area contributed by atoms with Crippen molar-refractivity contribution < 1.29 is 31.1 Å². The van der Waals surface area contributed by atoms with Crippen LogP contribution in [0.1, 0.15) is 44.2 Å². The molecule has 1 aliphatic rings. The monoisotopic (exact) mass is 382 g/mol. The number of piperidine rings is 1. The summed E-state index contributed by atoms with van der Waals surface area (Å²) in [5.74, 6) is -0.646. The molecule has 0 saturated carbocycles. The van der Waals surface area contributed by atoms with Crippen LogP contribution < -0.4 is 5.32 Å². The van der Waals surface area contributed by atoms with E-state index in [2.05, 4.69) is 5.32 Å². The number of amides is 1. The fourth-order valence-electron chi connectivity index (χ4n) is 2.91. The van der Waals surface area contributed by atoms with Crippen molar-refractivity contribution in [1.29, 1.82) is 0 Å². The lowest BCUT2D eigenvalue weighted by molar-refractivity contribution is -0.143. The van der Waals surface area contributed by atoms with E-state index in [9.17, 15) is 31.1 Å². The number of likely N-dealkylation sites (tertiary alicyclic amines) is 1. The van der Waals surface area contributed by atoms with Gasteiger partial charge in [0.25, 0.3) is 0 Å². The number of halogens is 6. The molecule has 1 aromatic rings. The minimum Gasteiger partial charge on any atom is -0.324 e. The summed E-state index contributed by atoms with van der Waals surface area (Å²) in [7, 11) is 0. The molecule has 0 bridgehead atoms. The molecule has 2 rings (SSSR count). The van der Waals surface area contributed by atoms with Crippen LogP contribution in [0.25, 0.3) is 0 Å². The third kappa shape index (κ3) is 4.69. The van der Waals surface area contributed by atoms with Gasteiger partial charge >= 0.3 is 12.4 Å². The standard InChI is InChI=1S/C17H20F6N2O/c1-15(2,25-6-4-3-5-7-25)14(26)24-13-9-11(16(18,19)20)8-12(10-13)17(21,22)23/h8-10H,3-7H2,1-2H3,(H,24,26). The molecule has 3 nitrogen and oxygen atoms in total. The topological polar surface area (TPSA) is 32.3 Å². The maximum Gasteiger partial charge on any atom is 0.416 e. The molecule has 0 aliphatic carbocycles. The number of benzene rings is 1. The summed E-state index contributed by atoms with van der Waals surface area (Å²) in [5.41, 5.74) is -4.49. The van der Waals surface area contributed by atoms with Crippen LogP contribution in [-0.2, 0) is 17.1 Å². The molecule has 9 heteroatoms. The van der Waals surface area contributed by atoms with Crippen LogP contribution in [0.3, 0.4) is 0 Å². The van der Waals surface area contributed by atoms with Gasteiger partial charge in [0, 0.05) is 5.69 Å². The Morgan fingerprint density at radius 2 is 1.35 bits per heavy atom. The Bertz CT molecular complexity index is 628. The molecule has 146 valence electrons. The van der Waals surface area contributed by atoms with Crippen molar-refractivity contribution in [3.05, 3.63) is 29.3 Å². The molecule has 0 radical (unpaired) electrons. The van der Waals surface area contributed by atoms with Crippen LogP contribution in [0.15, 0.2) is 18.2 Å². The lowest BCUT2D eigenvalue weighted by atomic mass is 9.97. The van der Waals surface area contributed by atoms with Crippen LogP contribution in [0.4, 0.5) is 32.0 Å². The van der Waals surface area contributed by atoms with Crippen LogP contribution in [0.2, 0.25) is 0 Å². The second kappa shape index (κ2) is 7.09. The number of alkyl halides is 6. The molecule has 1 amide bonds. The van der Waals surface area contributed by atoms with E-state index in [1.165, 1.54) is 0 Å². The van der Waals surface area contributed by atoms with Gasteiger partial charge in [-0.25, -0.2) is 0 Å². The van der Waals surface area contributed by atoms with E-state index in [1.54, 1.807) is 13.8 Å². The summed E-state index contributed by atoms with van der Waals surface area (Å²) >= 11 is 0. The number of rotatable bonds is 3. The van der Waals surface area contributed by atoms with Gasteiger partial charge in [0.05, 0.1) is 16.7 Å². The number of hydrogen-bond donors (Lipinski definition) is 1. The van der Waals surface area contributed by atoms with E-state index >= 15 is 0 Å². The Morgan fingerprint density at radius 1 is 0.885 bits per heavy atom. The molecule has 1 aromatic carbocycles. The molecule has 0 unspecified atom stereocenters. The SMILES string of the molecule is CC(C)(C(=O)Nc1cc(C(F)(F)F)cc(C(F)(F)F)c1)N1CCCCC1. The summed E-state index contributed by atoms with van der Waals surface area (Å²) in [6.45, 7) is 4.51. The zero-order valence-electron chi connectivity index (χ0n) is 14.4. The summed E-state index contributed by atoms with van der Waals surface area (Å²) in [6, 6.07) is 1.06. The minimum absolute atomic E-state index is 0.0332. The molecule has 0 atom stereocenters. The quantitative estimate of drug-likeness (QED) is 0.752. The normalized spacial score (nSPS) is 17.2. The van der Waals surface area contributed by atoms with Crippen molar-refractivity contribution in [2.45, 2.75) is 51.0 Å². The Morgan fingerprint density at radius 3 is 1.77 bits per heavy atom. The van der Waals surface area contributed by atoms with Crippen molar-refractivity contribution >= 4 is 11.6 Å². The van der Waals surface area contributed by atoms with E-state index < -0.39 is 40.6 Å². The molecule has 0 spiro atoms. The highest BCUT2D eigenvalue weighted by Gasteiger charge is 2.39. The van der Waals surface area contributed by atoms with Gasteiger partial charge in [-0.15, -0.1) is 0 Å². The van der Waals surface area contributed by atoms with Crippen LogP contribution in [0.5, 0.6) is 0 Å². The van der Waals surface area contributed by atoms with Gasteiger partial charge in [-0.05, 0) is 58.0 Å². The van der Waals surface area contributed by atoms with E-state index in [4.69, 9.17) is 0 Å². The predicted molar refractivity (Wildman–Crippen MR) is 84.6 cm³/mol. The molecular formula is C17H20F6N2O. The van der Waals surface area contributed by atoms with E-state index in [-0.39, 0.29) is 6.07 Å². The Balaban J connectivity index is 2.31. The summed E-state index contributed by atoms with van der Waals surface area (Å²) in [6.07, 6.45) is -7.11. The van der Waals surface area contributed by atoms with Crippen molar-refractivity contribution in [2.75, 3.05) is 18.4 Å². The molecule has 26 heavy (non-hydrogen) atoms. The fourth-order valence-corrected chi connectivity index (χ4v) is 2.91. The lowest BCUT2D eigenvalue weighted by Gasteiger charge is -2.39. The largest absolute Gasteiger partial charge is 0.416 e. The number of nitrogens with zero attached hydrogens (tertiary/aromatic N) is 1. The first-order valence-electron chi connectivity index (χ1n) is 8.18. The molecule has 1 heterocycles. The van der Waals surface area contributed by atoms with Gasteiger partial charge in [0.1, 0.15) is 0 Å². The molecule has 1 saturated heterocycles. The average Bonchev–Trinajstić information content (AvgIpc) is 2.53. The van der Waals surface area contributed by atoms with Crippen LogP contribution >= 0.6 is 0 Å². The maximum atomic E-state index is 12.9. The van der Waals surface area contributed by atoms with Crippen molar-refractivity contribution in [3.8, 4) is 0 Å². The van der Waals surface area contributed by atoms with E-state index in [1.807, 2.05) is 4.90 Å². The summed E-state index contributed by atoms with van der Waals surface area (Å²) in [5, 5.41) is 2.22. The fraction of sp³-hybridized carbons (Fsp3) is 0.588. The molecule has 1 N–H and O–H groups in total. The third-order valence-corrected chi connectivity index (χ3v) is 4.55. The number of nitrogens with one attached hydrogen (secondary N) is 1. The second-order valence-corrected chi connectivity index (χ2v) is 6.86. The maximum absolute atomic E-state index is 12.9. The highest BCUT2D eigenvalue weighted by molar-refractivity contribution is 5.97. The highest BCUT2D eigenvalue weighted by Crippen LogP contribution is 2.37. The van der Waals surface area contributed by atoms with Gasteiger partial charge in [-0.1, -0.05) is 6.42 Å². The molecular weight excluding hydrogens is 362 g/mol. The number of carbonyl (C=O) groups excluding carboxylic acids is 1. The van der Waals surface area contributed by atoms with Gasteiger partial charge in [0.15, 0.2) is 0 Å². The van der Waals surface area contributed by atoms with Crippen LogP contribution in [0, 0.1) is 0 Å². The average molecular weight is 382 g/mol. The minimum atomic E-state index is -4.96. The summed E-state index contributed by atoms with van der Waals surface area (Å²) < 4.78 is 77.5. The molecule has 0 aromatic heterocycles. The van der Waals surface area contributed by atoms with Crippen molar-refractivity contribution in [3.63, 3.8) is 0 Å². The molecule has 1 aliphatic heterocycles. The first kappa shape index (κ1) is 20.5. The van der Waals surface area contributed by atoms with E-state index in [0.717, 1.165) is 19.3 Å². The van der Waals surface area contributed by atoms with Crippen molar-refractivity contribution in [2.24, 2.45) is 0 Å². The number of carbonyl (C=O) groups is 1. The first-order chi connectivity index (χ1) is 11.8. The van der Waals surface area contributed by atoms with Gasteiger partial charge in [-0.2, -0.15) is 26.3 Å². The zero-order valence-corrected chi connectivity index (χ0v) is 14.4. The van der Waals surface area contributed by atoms with Gasteiger partial charge in [-0.3, -0.25) is 9.69 Å². The number of anilines is 1. The lowest BCUT2D eigenvalue weighted by Crippen LogP contribution is -2.54. The second-order valence-electron chi connectivity index (χ2n) is 6.86. The zero-order chi connectivity index (χ0) is 19.8. The summed E-state index contributed by atoms with van der Waals surface area (Å²) in [4.78, 5) is 14.4. The van der Waals surface area contributed by atoms with Crippen LogP contribution in [-0.4, -0.2) is 29.4 Å². The van der Waals surface area contributed by atoms with Gasteiger partial charge < -0.3 is 5.32 Å². The number of hydrogen-bond acceptors (Lipinski definition) is 2.